The average molecular weight is 362 g/mol. The molecule has 4 heteroatoms. The molecule has 5 aromatic rings. The van der Waals surface area contributed by atoms with E-state index in [1.165, 1.54) is 11.1 Å². The third kappa shape index (κ3) is 2.62. The summed E-state index contributed by atoms with van der Waals surface area (Å²) in [5.74, 6) is 0. The third-order valence-corrected chi connectivity index (χ3v) is 4.96. The molecule has 0 fully saturated rings. The molecule has 0 aliphatic rings. The van der Waals surface area contributed by atoms with E-state index < -0.39 is 0 Å². The number of hydrogen-bond donors (Lipinski definition) is 0. The molecule has 134 valence electrons. The molecule has 2 heterocycles. The molecule has 2 aromatic heterocycles. The Morgan fingerprint density at radius 3 is 1.18 bits per heavy atom. The smallest absolute Gasteiger partial charge is 0.0994 e. The molecule has 0 saturated heterocycles. The van der Waals surface area contributed by atoms with Gasteiger partial charge in [0.05, 0.1) is 22.1 Å². The first-order valence-corrected chi connectivity index (χ1v) is 9.24. The van der Waals surface area contributed by atoms with E-state index in [4.69, 9.17) is 19.9 Å². The van der Waals surface area contributed by atoms with Gasteiger partial charge in [0.2, 0.25) is 0 Å². The molecule has 0 aliphatic heterocycles. The van der Waals surface area contributed by atoms with Gasteiger partial charge in [-0.15, -0.1) is 0 Å². The van der Waals surface area contributed by atoms with E-state index in [1.54, 1.807) is 24.8 Å². The largest absolute Gasteiger partial charge is 0.252 e. The van der Waals surface area contributed by atoms with E-state index in [9.17, 15) is 0 Å². The molecule has 3 aromatic carbocycles. The lowest BCUT2D eigenvalue weighted by Gasteiger charge is -2.15. The molecule has 0 amide bonds. The van der Waals surface area contributed by atoms with Crippen molar-refractivity contribution >= 4 is 22.1 Å². The fourth-order valence-corrected chi connectivity index (χ4v) is 3.78. The molecular weight excluding hydrogens is 344 g/mol. The van der Waals surface area contributed by atoms with Gasteiger partial charge in [0.1, 0.15) is 0 Å². The Kier molecular flexibility index (Phi) is 3.83. The van der Waals surface area contributed by atoms with Gasteiger partial charge in [-0.3, -0.25) is 19.9 Å². The maximum atomic E-state index is 4.72. The quantitative estimate of drug-likeness (QED) is 0.388. The molecule has 0 N–H and O–H groups in total. The summed E-state index contributed by atoms with van der Waals surface area (Å²) in [7, 11) is 0. The van der Waals surface area contributed by atoms with Crippen LogP contribution in [0.15, 0.2) is 73.3 Å². The lowest BCUT2D eigenvalue weighted by molar-refractivity contribution is 1.27. The Labute approximate surface area is 163 Å². The second-order valence-electron chi connectivity index (χ2n) is 7.00. The first-order valence-electron chi connectivity index (χ1n) is 9.24. The van der Waals surface area contributed by atoms with Gasteiger partial charge in [-0.25, -0.2) is 0 Å². The van der Waals surface area contributed by atoms with Crippen LogP contribution in [0.2, 0.25) is 0 Å². The van der Waals surface area contributed by atoms with Crippen LogP contribution in [0.25, 0.3) is 44.3 Å². The molecule has 0 bridgehead atoms. The summed E-state index contributed by atoms with van der Waals surface area (Å²) in [5.41, 5.74) is 9.87. The van der Waals surface area contributed by atoms with Crippen molar-refractivity contribution in [2.45, 2.75) is 13.8 Å². The first-order chi connectivity index (χ1) is 13.7. The highest BCUT2D eigenvalue weighted by atomic mass is 14.8. The Morgan fingerprint density at radius 2 is 0.857 bits per heavy atom. The van der Waals surface area contributed by atoms with E-state index in [-0.39, 0.29) is 0 Å². The van der Waals surface area contributed by atoms with Gasteiger partial charge in [-0.1, -0.05) is 59.7 Å². The molecule has 0 atom stereocenters. The third-order valence-electron chi connectivity index (χ3n) is 4.96. The van der Waals surface area contributed by atoms with Gasteiger partial charge >= 0.3 is 0 Å². The van der Waals surface area contributed by atoms with Crippen molar-refractivity contribution in [3.05, 3.63) is 84.4 Å². The number of nitrogens with zero attached hydrogens (tertiary/aromatic N) is 4. The normalized spacial score (nSPS) is 11.2. The molecule has 5 rings (SSSR count). The second-order valence-corrected chi connectivity index (χ2v) is 7.00. The number of aromatic nitrogens is 4. The minimum atomic E-state index is 0.845. The maximum absolute atomic E-state index is 4.72. The van der Waals surface area contributed by atoms with Gasteiger partial charge in [-0.05, 0) is 25.0 Å². The number of fused-ring (bicyclic) bond motifs is 2. The Morgan fingerprint density at radius 1 is 0.500 bits per heavy atom. The van der Waals surface area contributed by atoms with Crippen LogP contribution in [-0.2, 0) is 0 Å². The fourth-order valence-electron chi connectivity index (χ4n) is 3.78. The van der Waals surface area contributed by atoms with Crippen LogP contribution in [0.3, 0.4) is 0 Å². The highest BCUT2D eigenvalue weighted by Crippen LogP contribution is 2.40. The maximum Gasteiger partial charge on any atom is 0.0994 e. The zero-order valence-electron chi connectivity index (χ0n) is 15.7. The molecule has 0 radical (unpaired) electrons. The standard InChI is InChI=1S/C24H18N4/c1-15-5-3-7-17(13-15)19-21-23(27-11-9-25-21)20(18-8-4-6-16(2)14-18)24-22(19)26-10-12-28-24/h3-14H,1-2H3. The predicted octanol–water partition coefficient (Wildman–Crippen LogP) is 5.52. The van der Waals surface area contributed by atoms with Gasteiger partial charge in [0.15, 0.2) is 0 Å². The molecule has 0 spiro atoms. The highest BCUT2D eigenvalue weighted by molar-refractivity contribution is 6.16. The minimum Gasteiger partial charge on any atom is -0.252 e. The summed E-state index contributed by atoms with van der Waals surface area (Å²) in [6.45, 7) is 4.18. The van der Waals surface area contributed by atoms with Crippen LogP contribution in [0.1, 0.15) is 11.1 Å². The fraction of sp³-hybridized carbons (Fsp3) is 0.0833. The number of rotatable bonds is 2. The molecule has 0 aliphatic carbocycles. The van der Waals surface area contributed by atoms with Crippen molar-refractivity contribution in [3.8, 4) is 22.3 Å². The summed E-state index contributed by atoms with van der Waals surface area (Å²) >= 11 is 0. The average Bonchev–Trinajstić information content (AvgIpc) is 2.72. The van der Waals surface area contributed by atoms with E-state index in [1.807, 2.05) is 0 Å². The van der Waals surface area contributed by atoms with Crippen molar-refractivity contribution in [1.29, 1.82) is 0 Å². The van der Waals surface area contributed by atoms with Crippen LogP contribution >= 0.6 is 0 Å². The van der Waals surface area contributed by atoms with Crippen molar-refractivity contribution in [2.24, 2.45) is 0 Å². The summed E-state index contributed by atoms with van der Waals surface area (Å²) in [6, 6.07) is 16.8. The molecule has 4 nitrogen and oxygen atoms in total. The first kappa shape index (κ1) is 16.5. The Bertz CT molecular complexity index is 1180. The SMILES string of the molecule is Cc1cccc(-c2c3nccnc3c(-c3cccc(C)c3)c3nccnc23)c1. The van der Waals surface area contributed by atoms with Crippen molar-refractivity contribution in [3.63, 3.8) is 0 Å². The number of hydrogen-bond acceptors (Lipinski definition) is 4. The number of aryl methyl sites for hydroxylation is 2. The summed E-state index contributed by atoms with van der Waals surface area (Å²) in [6.07, 6.45) is 6.96. The van der Waals surface area contributed by atoms with E-state index in [0.29, 0.717) is 0 Å². The topological polar surface area (TPSA) is 51.6 Å². The molecule has 0 unspecified atom stereocenters. The van der Waals surface area contributed by atoms with Gasteiger partial charge < -0.3 is 0 Å². The Hall–Kier alpha value is -3.66. The monoisotopic (exact) mass is 362 g/mol. The van der Waals surface area contributed by atoms with Crippen molar-refractivity contribution < 1.29 is 0 Å². The summed E-state index contributed by atoms with van der Waals surface area (Å²) < 4.78 is 0. The molecule has 0 saturated carbocycles. The summed E-state index contributed by atoms with van der Waals surface area (Å²) in [4.78, 5) is 18.9. The van der Waals surface area contributed by atoms with Crippen LogP contribution in [-0.4, -0.2) is 19.9 Å². The summed E-state index contributed by atoms with van der Waals surface area (Å²) in [5, 5.41) is 0. The predicted molar refractivity (Wildman–Crippen MR) is 113 cm³/mol. The zero-order chi connectivity index (χ0) is 19.1. The lowest BCUT2D eigenvalue weighted by Crippen LogP contribution is -1.97. The van der Waals surface area contributed by atoms with E-state index in [0.717, 1.165) is 44.3 Å². The molecular formula is C24H18N4. The number of benzene rings is 3. The van der Waals surface area contributed by atoms with Crippen LogP contribution in [0.5, 0.6) is 0 Å². The van der Waals surface area contributed by atoms with Crippen LogP contribution in [0.4, 0.5) is 0 Å². The van der Waals surface area contributed by atoms with Crippen LogP contribution < -0.4 is 0 Å². The minimum absolute atomic E-state index is 0.845. The van der Waals surface area contributed by atoms with E-state index in [2.05, 4.69) is 62.4 Å². The molecule has 28 heavy (non-hydrogen) atoms. The zero-order valence-corrected chi connectivity index (χ0v) is 15.7. The lowest BCUT2D eigenvalue weighted by atomic mass is 9.93. The van der Waals surface area contributed by atoms with Crippen molar-refractivity contribution in [1.82, 2.24) is 19.9 Å². The van der Waals surface area contributed by atoms with Gasteiger partial charge in [0, 0.05) is 35.9 Å². The van der Waals surface area contributed by atoms with E-state index >= 15 is 0 Å². The van der Waals surface area contributed by atoms with Gasteiger partial charge in [0.25, 0.3) is 0 Å². The second kappa shape index (κ2) is 6.50. The van der Waals surface area contributed by atoms with Gasteiger partial charge in [-0.2, -0.15) is 0 Å². The Balaban J connectivity index is 2.00. The highest BCUT2D eigenvalue weighted by Gasteiger charge is 2.20. The van der Waals surface area contributed by atoms with Crippen molar-refractivity contribution in [2.75, 3.05) is 0 Å². The van der Waals surface area contributed by atoms with Crippen LogP contribution in [0, 0.1) is 13.8 Å².